The van der Waals surface area contributed by atoms with Crippen LogP contribution in [0.1, 0.15) is 0 Å². The summed E-state index contributed by atoms with van der Waals surface area (Å²) in [7, 11) is 0. The zero-order valence-corrected chi connectivity index (χ0v) is 9.67. The minimum Gasteiger partial charge on any atom is -0.258 e. The molecular weight excluding hydrogens is 268 g/mol. The van der Waals surface area contributed by atoms with Crippen LogP contribution in [-0.2, 0) is 0 Å². The SMILES string of the molecule is S=c1[nH]nc(-c2ccc(Br)cc2)s1. The van der Waals surface area contributed by atoms with Gasteiger partial charge in [-0.1, -0.05) is 39.4 Å². The van der Waals surface area contributed by atoms with Crippen molar-refractivity contribution in [1.29, 1.82) is 0 Å². The van der Waals surface area contributed by atoms with E-state index in [1.54, 1.807) is 0 Å². The Hall–Kier alpha value is -0.520. The Kier molecular flexibility index (Phi) is 2.57. The molecule has 0 bridgehead atoms. The summed E-state index contributed by atoms with van der Waals surface area (Å²) in [4.78, 5) is 0. The quantitative estimate of drug-likeness (QED) is 0.804. The molecule has 0 atom stereocenters. The summed E-state index contributed by atoms with van der Waals surface area (Å²) in [6.07, 6.45) is 0. The second kappa shape index (κ2) is 3.69. The molecule has 1 heterocycles. The first-order valence-electron chi connectivity index (χ1n) is 3.57. The van der Waals surface area contributed by atoms with Gasteiger partial charge >= 0.3 is 0 Å². The highest BCUT2D eigenvalue weighted by Crippen LogP contribution is 2.23. The van der Waals surface area contributed by atoms with Crippen molar-refractivity contribution < 1.29 is 0 Å². The molecule has 0 amide bonds. The van der Waals surface area contributed by atoms with Crippen LogP contribution in [0.25, 0.3) is 10.6 Å². The average Bonchev–Trinajstić information content (AvgIpc) is 2.53. The molecule has 0 fully saturated rings. The van der Waals surface area contributed by atoms with E-state index in [0.29, 0.717) is 3.95 Å². The van der Waals surface area contributed by atoms with Crippen LogP contribution < -0.4 is 0 Å². The molecule has 1 N–H and O–H groups in total. The van der Waals surface area contributed by atoms with Crippen molar-refractivity contribution in [2.45, 2.75) is 0 Å². The van der Waals surface area contributed by atoms with Gasteiger partial charge in [-0.3, -0.25) is 5.10 Å². The minimum absolute atomic E-state index is 0.706. The van der Waals surface area contributed by atoms with Gasteiger partial charge in [-0.2, -0.15) is 5.10 Å². The van der Waals surface area contributed by atoms with Gasteiger partial charge < -0.3 is 0 Å². The lowest BCUT2D eigenvalue weighted by Crippen LogP contribution is -1.75. The van der Waals surface area contributed by atoms with E-state index in [1.165, 1.54) is 11.3 Å². The zero-order chi connectivity index (χ0) is 9.26. The molecule has 0 saturated carbocycles. The maximum Gasteiger partial charge on any atom is 0.176 e. The van der Waals surface area contributed by atoms with Crippen LogP contribution in [0, 0.1) is 3.95 Å². The summed E-state index contributed by atoms with van der Waals surface area (Å²) >= 11 is 9.81. The summed E-state index contributed by atoms with van der Waals surface area (Å²) in [5.41, 5.74) is 1.08. The van der Waals surface area contributed by atoms with Gasteiger partial charge in [0.05, 0.1) is 0 Å². The third-order valence-electron chi connectivity index (χ3n) is 1.53. The standard InChI is InChI=1S/C8H5BrN2S2/c9-6-3-1-5(2-4-6)7-10-11-8(12)13-7/h1-4H,(H,11,12). The van der Waals surface area contributed by atoms with Gasteiger partial charge in [-0.25, -0.2) is 0 Å². The molecule has 5 heteroatoms. The number of nitrogens with zero attached hydrogens (tertiary/aromatic N) is 1. The molecule has 2 rings (SSSR count). The Bertz CT molecular complexity index is 457. The van der Waals surface area contributed by atoms with E-state index >= 15 is 0 Å². The smallest absolute Gasteiger partial charge is 0.176 e. The van der Waals surface area contributed by atoms with Gasteiger partial charge in [-0.15, -0.1) is 0 Å². The molecule has 0 aliphatic carbocycles. The second-order valence-corrected chi connectivity index (χ2v) is 5.01. The van der Waals surface area contributed by atoms with Gasteiger partial charge in [0.25, 0.3) is 0 Å². The highest BCUT2D eigenvalue weighted by Gasteiger charge is 2.00. The summed E-state index contributed by atoms with van der Waals surface area (Å²) in [6.45, 7) is 0. The second-order valence-electron chi connectivity index (χ2n) is 2.43. The van der Waals surface area contributed by atoms with E-state index in [0.717, 1.165) is 15.0 Å². The molecule has 0 aliphatic rings. The number of aromatic nitrogens is 2. The largest absolute Gasteiger partial charge is 0.258 e. The molecule has 13 heavy (non-hydrogen) atoms. The van der Waals surface area contributed by atoms with Crippen LogP contribution in [0.2, 0.25) is 0 Å². The molecule has 0 saturated heterocycles. The van der Waals surface area contributed by atoms with Gasteiger partial charge in [0, 0.05) is 10.0 Å². The van der Waals surface area contributed by atoms with E-state index in [9.17, 15) is 0 Å². The summed E-state index contributed by atoms with van der Waals surface area (Å²) in [6, 6.07) is 7.98. The molecule has 66 valence electrons. The summed E-state index contributed by atoms with van der Waals surface area (Å²) < 4.78 is 1.77. The first-order chi connectivity index (χ1) is 6.25. The Morgan fingerprint density at radius 2 is 2.00 bits per heavy atom. The summed E-state index contributed by atoms with van der Waals surface area (Å²) in [5.74, 6) is 0. The number of H-pyrrole nitrogens is 1. The first-order valence-corrected chi connectivity index (χ1v) is 5.59. The number of hydrogen-bond donors (Lipinski definition) is 1. The van der Waals surface area contributed by atoms with E-state index < -0.39 is 0 Å². The average molecular weight is 273 g/mol. The van der Waals surface area contributed by atoms with E-state index in [1.807, 2.05) is 24.3 Å². The fourth-order valence-electron chi connectivity index (χ4n) is 0.946. The lowest BCUT2D eigenvalue weighted by Gasteiger charge is -1.93. The molecule has 1 aromatic heterocycles. The molecule has 0 unspecified atom stereocenters. The molecule has 0 aliphatic heterocycles. The van der Waals surface area contributed by atoms with Crippen molar-refractivity contribution in [2.75, 3.05) is 0 Å². The van der Waals surface area contributed by atoms with Crippen LogP contribution in [0.15, 0.2) is 28.7 Å². The van der Waals surface area contributed by atoms with Crippen LogP contribution in [0.4, 0.5) is 0 Å². The minimum atomic E-state index is 0.706. The van der Waals surface area contributed by atoms with Gasteiger partial charge in [0.1, 0.15) is 5.01 Å². The highest BCUT2D eigenvalue weighted by molar-refractivity contribution is 9.10. The maximum absolute atomic E-state index is 4.95. The van der Waals surface area contributed by atoms with Crippen molar-refractivity contribution in [3.05, 3.63) is 32.7 Å². The highest BCUT2D eigenvalue weighted by atomic mass is 79.9. The fourth-order valence-corrected chi connectivity index (χ4v) is 2.10. The number of halogens is 1. The van der Waals surface area contributed by atoms with Crippen molar-refractivity contribution in [1.82, 2.24) is 10.2 Å². The van der Waals surface area contributed by atoms with Gasteiger partial charge in [0.15, 0.2) is 3.95 Å². The molecular formula is C8H5BrN2S2. The zero-order valence-electron chi connectivity index (χ0n) is 6.45. The number of nitrogens with one attached hydrogen (secondary N) is 1. The van der Waals surface area contributed by atoms with E-state index in [4.69, 9.17) is 12.2 Å². The van der Waals surface area contributed by atoms with Crippen LogP contribution in [0.3, 0.4) is 0 Å². The maximum atomic E-state index is 4.95. The van der Waals surface area contributed by atoms with Crippen molar-refractivity contribution >= 4 is 39.5 Å². The normalized spacial score (nSPS) is 10.2. The number of aromatic amines is 1. The third kappa shape index (κ3) is 2.04. The molecule has 0 radical (unpaired) electrons. The Balaban J connectivity index is 2.47. The molecule has 2 aromatic rings. The lowest BCUT2D eigenvalue weighted by atomic mass is 10.2. The van der Waals surface area contributed by atoms with Crippen molar-refractivity contribution in [3.63, 3.8) is 0 Å². The number of hydrogen-bond acceptors (Lipinski definition) is 3. The van der Waals surface area contributed by atoms with Gasteiger partial charge in [-0.05, 0) is 24.4 Å². The molecule has 0 spiro atoms. The van der Waals surface area contributed by atoms with Crippen LogP contribution in [0.5, 0.6) is 0 Å². The Labute approximate surface area is 92.8 Å². The van der Waals surface area contributed by atoms with Crippen molar-refractivity contribution in [3.8, 4) is 10.6 Å². The topological polar surface area (TPSA) is 28.7 Å². The van der Waals surface area contributed by atoms with Crippen LogP contribution in [-0.4, -0.2) is 10.2 Å². The van der Waals surface area contributed by atoms with Crippen LogP contribution >= 0.6 is 39.5 Å². The predicted octanol–water partition coefficient (Wildman–Crippen LogP) is 3.63. The third-order valence-corrected chi connectivity index (χ3v) is 3.20. The van der Waals surface area contributed by atoms with E-state index in [2.05, 4.69) is 26.1 Å². The number of benzene rings is 1. The summed E-state index contributed by atoms with van der Waals surface area (Å²) in [5, 5.41) is 7.77. The predicted molar refractivity (Wildman–Crippen MR) is 60.4 cm³/mol. The Morgan fingerprint density at radius 1 is 1.31 bits per heavy atom. The van der Waals surface area contributed by atoms with Gasteiger partial charge in [0.2, 0.25) is 0 Å². The Morgan fingerprint density at radius 3 is 2.54 bits per heavy atom. The molecule has 1 aromatic carbocycles. The number of rotatable bonds is 1. The van der Waals surface area contributed by atoms with E-state index in [-0.39, 0.29) is 0 Å². The lowest BCUT2D eigenvalue weighted by molar-refractivity contribution is 1.08. The molecule has 2 nitrogen and oxygen atoms in total. The monoisotopic (exact) mass is 272 g/mol. The van der Waals surface area contributed by atoms with Crippen molar-refractivity contribution in [2.24, 2.45) is 0 Å². The first kappa shape index (κ1) is 9.05. The fraction of sp³-hybridized carbons (Fsp3) is 0.